The number of aromatic amines is 1. The molecule has 6 rings (SSSR count). The van der Waals surface area contributed by atoms with E-state index in [0.29, 0.717) is 12.5 Å². The fourth-order valence-corrected chi connectivity index (χ4v) is 5.16. The average Bonchev–Trinajstić information content (AvgIpc) is 3.40. The Hall–Kier alpha value is -3.58. The summed E-state index contributed by atoms with van der Waals surface area (Å²) in [5.41, 5.74) is 8.15. The highest BCUT2D eigenvalue weighted by Gasteiger charge is 2.24. The van der Waals surface area contributed by atoms with Crippen LogP contribution in [0.1, 0.15) is 41.5 Å². The molecule has 7 heteroatoms. The van der Waals surface area contributed by atoms with E-state index in [1.54, 1.807) is 0 Å². The van der Waals surface area contributed by atoms with Crippen LogP contribution in [-0.4, -0.2) is 37.9 Å². The molecule has 0 amide bonds. The van der Waals surface area contributed by atoms with E-state index in [9.17, 15) is 4.39 Å². The number of nitrogens with zero attached hydrogens (tertiary/aromatic N) is 4. The van der Waals surface area contributed by atoms with Crippen molar-refractivity contribution in [3.05, 3.63) is 77.3 Å². The Balaban J connectivity index is 1.54. The van der Waals surface area contributed by atoms with Gasteiger partial charge in [-0.25, -0.2) is 9.37 Å². The number of imidazole rings is 1. The van der Waals surface area contributed by atoms with Gasteiger partial charge in [-0.15, -0.1) is 0 Å². The molecular weight excluding hydrogens is 429 g/mol. The van der Waals surface area contributed by atoms with Crippen molar-refractivity contribution >= 4 is 21.9 Å². The van der Waals surface area contributed by atoms with Crippen molar-refractivity contribution in [2.24, 2.45) is 0 Å². The Kier molecular flexibility index (Phi) is 5.14. The van der Waals surface area contributed by atoms with E-state index < -0.39 is 0 Å². The number of fused-ring (bicyclic) bond motifs is 3. The Morgan fingerprint density at radius 2 is 1.85 bits per heavy atom. The van der Waals surface area contributed by atoms with Gasteiger partial charge in [0.2, 0.25) is 0 Å². The summed E-state index contributed by atoms with van der Waals surface area (Å²) in [6, 6.07) is 13.1. The molecule has 0 saturated carbocycles. The van der Waals surface area contributed by atoms with Gasteiger partial charge < -0.3 is 9.30 Å². The molecule has 1 fully saturated rings. The summed E-state index contributed by atoms with van der Waals surface area (Å²) in [5.74, 6) is 1.16. The molecule has 172 valence electrons. The summed E-state index contributed by atoms with van der Waals surface area (Å²) in [6.45, 7) is 6.17. The smallest absolute Gasteiger partial charge is 0.123 e. The molecule has 5 aromatic rings. The van der Waals surface area contributed by atoms with E-state index in [2.05, 4.69) is 33.0 Å². The van der Waals surface area contributed by atoms with Crippen LogP contribution in [0.25, 0.3) is 33.1 Å². The van der Waals surface area contributed by atoms with Crippen LogP contribution in [0, 0.1) is 19.7 Å². The molecule has 2 aromatic carbocycles. The highest BCUT2D eigenvalue weighted by atomic mass is 19.1. The van der Waals surface area contributed by atoms with Crippen LogP contribution in [-0.2, 0) is 11.3 Å². The Morgan fingerprint density at radius 3 is 2.59 bits per heavy atom. The van der Waals surface area contributed by atoms with Crippen molar-refractivity contribution in [3.63, 3.8) is 0 Å². The summed E-state index contributed by atoms with van der Waals surface area (Å²) in [5, 5.41) is 8.48. The minimum Gasteiger partial charge on any atom is -0.381 e. The topological polar surface area (TPSA) is 68.6 Å². The van der Waals surface area contributed by atoms with Crippen LogP contribution in [0.2, 0.25) is 0 Å². The molecule has 0 unspecified atom stereocenters. The van der Waals surface area contributed by atoms with Gasteiger partial charge in [-0.05, 0) is 56.0 Å². The number of aryl methyl sites for hydroxylation is 2. The van der Waals surface area contributed by atoms with E-state index in [0.717, 1.165) is 81.9 Å². The fraction of sp³-hybridized carbons (Fsp3) is 0.296. The van der Waals surface area contributed by atoms with Crippen molar-refractivity contribution in [3.8, 4) is 11.1 Å². The van der Waals surface area contributed by atoms with Gasteiger partial charge in [-0.2, -0.15) is 5.10 Å². The monoisotopic (exact) mass is 455 g/mol. The van der Waals surface area contributed by atoms with Gasteiger partial charge in [0.25, 0.3) is 0 Å². The lowest BCUT2D eigenvalue weighted by atomic mass is 9.99. The van der Waals surface area contributed by atoms with E-state index in [1.165, 1.54) is 12.1 Å². The third-order valence-electron chi connectivity index (χ3n) is 6.86. The zero-order valence-electron chi connectivity index (χ0n) is 19.3. The largest absolute Gasteiger partial charge is 0.381 e. The normalized spacial score (nSPS) is 14.9. The molecule has 0 radical (unpaired) electrons. The van der Waals surface area contributed by atoms with Gasteiger partial charge in [0, 0.05) is 42.3 Å². The number of pyridine rings is 1. The van der Waals surface area contributed by atoms with E-state index >= 15 is 0 Å². The van der Waals surface area contributed by atoms with Crippen LogP contribution in [0.5, 0.6) is 0 Å². The third-order valence-corrected chi connectivity index (χ3v) is 6.86. The lowest BCUT2D eigenvalue weighted by Crippen LogP contribution is -2.18. The third kappa shape index (κ3) is 3.56. The van der Waals surface area contributed by atoms with Gasteiger partial charge in [0.15, 0.2) is 0 Å². The van der Waals surface area contributed by atoms with Crippen molar-refractivity contribution < 1.29 is 9.13 Å². The molecule has 3 aromatic heterocycles. The summed E-state index contributed by atoms with van der Waals surface area (Å²) in [7, 11) is 0. The zero-order valence-corrected chi connectivity index (χ0v) is 19.3. The van der Waals surface area contributed by atoms with Crippen LogP contribution in [0.4, 0.5) is 4.39 Å². The molecule has 0 bridgehead atoms. The van der Waals surface area contributed by atoms with Crippen molar-refractivity contribution in [2.75, 3.05) is 13.2 Å². The number of hydrogen-bond donors (Lipinski definition) is 1. The fourth-order valence-electron chi connectivity index (χ4n) is 5.16. The Labute approximate surface area is 196 Å². The molecule has 1 aliphatic heterocycles. The first-order valence-corrected chi connectivity index (χ1v) is 11.7. The maximum Gasteiger partial charge on any atom is 0.123 e. The van der Waals surface area contributed by atoms with Gasteiger partial charge in [0.05, 0.1) is 22.9 Å². The van der Waals surface area contributed by atoms with E-state index in [4.69, 9.17) is 14.7 Å². The molecule has 1 saturated heterocycles. The molecule has 6 nitrogen and oxygen atoms in total. The first kappa shape index (κ1) is 21.0. The second-order valence-electron chi connectivity index (χ2n) is 9.10. The Bertz CT molecular complexity index is 1480. The minimum absolute atomic E-state index is 0.226. The SMILES string of the molecule is Cc1n[nH]c(C)c1-c1ccc2c(c1)ncc1nc(C3CCOCC3)n(Cc3ccc(F)cc3)c12. The molecule has 0 spiro atoms. The minimum atomic E-state index is -0.226. The molecule has 1 N–H and O–H groups in total. The molecule has 34 heavy (non-hydrogen) atoms. The predicted octanol–water partition coefficient (Wildman–Crippen LogP) is 5.67. The summed E-state index contributed by atoms with van der Waals surface area (Å²) in [6.07, 6.45) is 3.77. The predicted molar refractivity (Wildman–Crippen MR) is 130 cm³/mol. The van der Waals surface area contributed by atoms with Crippen molar-refractivity contribution in [2.45, 2.75) is 39.2 Å². The number of nitrogens with one attached hydrogen (secondary N) is 1. The standard InChI is InChI=1S/C27H26FN5O/c1-16-25(17(2)32-31-16)20-5-8-22-23(13-20)29-14-24-26(22)33(15-18-3-6-21(28)7-4-18)27(30-24)19-9-11-34-12-10-19/h3-8,13-14,19H,9-12,15H2,1-2H3,(H,31,32). The van der Waals surface area contributed by atoms with Crippen molar-refractivity contribution in [1.82, 2.24) is 24.7 Å². The van der Waals surface area contributed by atoms with Crippen molar-refractivity contribution in [1.29, 1.82) is 0 Å². The van der Waals surface area contributed by atoms with E-state index in [-0.39, 0.29) is 5.82 Å². The van der Waals surface area contributed by atoms with Gasteiger partial charge >= 0.3 is 0 Å². The molecule has 1 aliphatic rings. The lowest BCUT2D eigenvalue weighted by Gasteiger charge is -2.23. The zero-order chi connectivity index (χ0) is 23.2. The summed E-state index contributed by atoms with van der Waals surface area (Å²) in [4.78, 5) is 9.83. The molecular formula is C27H26FN5O. The number of hydrogen-bond acceptors (Lipinski definition) is 4. The first-order chi connectivity index (χ1) is 16.6. The molecule has 4 heterocycles. The first-order valence-electron chi connectivity index (χ1n) is 11.7. The van der Waals surface area contributed by atoms with Gasteiger partial charge in [0.1, 0.15) is 17.2 Å². The van der Waals surface area contributed by atoms with Crippen LogP contribution >= 0.6 is 0 Å². The van der Waals surface area contributed by atoms with Gasteiger partial charge in [-0.3, -0.25) is 10.1 Å². The average molecular weight is 456 g/mol. The summed E-state index contributed by atoms with van der Waals surface area (Å²) < 4.78 is 21.5. The number of benzene rings is 2. The second-order valence-corrected chi connectivity index (χ2v) is 9.10. The molecule has 0 atom stereocenters. The highest BCUT2D eigenvalue weighted by Crippen LogP contribution is 2.35. The van der Waals surface area contributed by atoms with Crippen LogP contribution < -0.4 is 0 Å². The van der Waals surface area contributed by atoms with Gasteiger partial charge in [-0.1, -0.05) is 24.3 Å². The number of aromatic nitrogens is 5. The maximum atomic E-state index is 13.6. The summed E-state index contributed by atoms with van der Waals surface area (Å²) >= 11 is 0. The number of ether oxygens (including phenoxy) is 1. The number of H-pyrrole nitrogens is 1. The molecule has 0 aliphatic carbocycles. The lowest BCUT2D eigenvalue weighted by molar-refractivity contribution is 0.0830. The van der Waals surface area contributed by atoms with E-state index in [1.807, 2.05) is 32.2 Å². The number of rotatable bonds is 4. The van der Waals surface area contributed by atoms with Crippen LogP contribution in [0.15, 0.2) is 48.7 Å². The Morgan fingerprint density at radius 1 is 1.06 bits per heavy atom. The highest BCUT2D eigenvalue weighted by molar-refractivity contribution is 6.03. The maximum absolute atomic E-state index is 13.6. The second kappa shape index (κ2) is 8.33. The number of halogens is 1. The van der Waals surface area contributed by atoms with Crippen LogP contribution in [0.3, 0.4) is 0 Å². The quantitative estimate of drug-likeness (QED) is 0.379.